The lowest BCUT2D eigenvalue weighted by atomic mass is 9.90. The van der Waals surface area contributed by atoms with E-state index in [2.05, 4.69) is 23.0 Å². The number of carbonyl (C=O) groups is 1. The van der Waals surface area contributed by atoms with Gasteiger partial charge in [0.1, 0.15) is 5.75 Å². The van der Waals surface area contributed by atoms with E-state index in [0.29, 0.717) is 38.0 Å². The van der Waals surface area contributed by atoms with Crippen molar-refractivity contribution in [2.45, 2.75) is 51.7 Å². The van der Waals surface area contributed by atoms with Gasteiger partial charge in [-0.15, -0.1) is 0 Å². The Labute approximate surface area is 178 Å². The van der Waals surface area contributed by atoms with E-state index in [1.165, 1.54) is 5.69 Å². The highest BCUT2D eigenvalue weighted by molar-refractivity contribution is 5.94. The molecule has 2 heterocycles. The number of morpholine rings is 1. The molecule has 7 heteroatoms. The summed E-state index contributed by atoms with van der Waals surface area (Å²) >= 11 is 0. The lowest BCUT2D eigenvalue weighted by molar-refractivity contribution is 0.0297. The monoisotopic (exact) mass is 412 g/mol. The van der Waals surface area contributed by atoms with Crippen molar-refractivity contribution in [1.82, 2.24) is 20.0 Å². The lowest BCUT2D eigenvalue weighted by Crippen LogP contribution is -2.41. The van der Waals surface area contributed by atoms with E-state index in [0.717, 1.165) is 55.6 Å². The number of nitrogens with zero attached hydrogens (tertiary/aromatic N) is 3. The molecular formula is C23H32N4O3. The number of ether oxygens (including phenoxy) is 2. The molecule has 0 spiro atoms. The number of amides is 1. The number of hydrogen-bond acceptors (Lipinski definition) is 5. The first-order valence-corrected chi connectivity index (χ1v) is 11.0. The summed E-state index contributed by atoms with van der Waals surface area (Å²) in [6, 6.07) is 8.42. The maximum Gasteiger partial charge on any atom is 0.274 e. The summed E-state index contributed by atoms with van der Waals surface area (Å²) in [6.07, 6.45) is 3.83. The zero-order valence-corrected chi connectivity index (χ0v) is 18.0. The maximum atomic E-state index is 13.2. The average molecular weight is 413 g/mol. The van der Waals surface area contributed by atoms with Gasteiger partial charge in [0.25, 0.3) is 5.91 Å². The Bertz CT molecular complexity index is 873. The molecule has 1 atom stereocenters. The Hall–Kier alpha value is -2.38. The number of aromatic nitrogens is 2. The van der Waals surface area contributed by atoms with Gasteiger partial charge in [0.15, 0.2) is 5.69 Å². The van der Waals surface area contributed by atoms with Gasteiger partial charge in [0.05, 0.1) is 20.3 Å². The highest BCUT2D eigenvalue weighted by Gasteiger charge is 2.31. The Balaban J connectivity index is 1.51. The van der Waals surface area contributed by atoms with Crippen molar-refractivity contribution in [2.75, 3.05) is 33.4 Å². The molecule has 4 rings (SSSR count). The van der Waals surface area contributed by atoms with E-state index in [-0.39, 0.29) is 5.91 Å². The normalized spacial score (nSPS) is 18.9. The third-order valence-corrected chi connectivity index (χ3v) is 6.06. The predicted molar refractivity (Wildman–Crippen MR) is 115 cm³/mol. The van der Waals surface area contributed by atoms with Crippen molar-refractivity contribution in [2.24, 2.45) is 0 Å². The summed E-state index contributed by atoms with van der Waals surface area (Å²) in [5.74, 6) is 0.954. The first-order valence-electron chi connectivity index (χ1n) is 11.0. The topological polar surface area (TPSA) is 68.6 Å². The molecule has 0 radical (unpaired) electrons. The van der Waals surface area contributed by atoms with Crippen LogP contribution in [0.2, 0.25) is 0 Å². The molecular weight excluding hydrogens is 380 g/mol. The van der Waals surface area contributed by atoms with Gasteiger partial charge in [-0.3, -0.25) is 9.48 Å². The second-order valence-corrected chi connectivity index (χ2v) is 8.03. The SMILES string of the molecule is CCCn1nc(C(=O)N2CCOCC2)c2c1CCC(NCc1ccccc1OC)C2. The Morgan fingerprint density at radius 1 is 1.30 bits per heavy atom. The van der Waals surface area contributed by atoms with Crippen LogP contribution < -0.4 is 10.1 Å². The Kier molecular flexibility index (Phi) is 6.69. The first-order chi connectivity index (χ1) is 14.7. The fourth-order valence-corrected chi connectivity index (χ4v) is 4.45. The molecule has 162 valence electrons. The molecule has 7 nitrogen and oxygen atoms in total. The minimum Gasteiger partial charge on any atom is -0.496 e. The van der Waals surface area contributed by atoms with Crippen LogP contribution in [-0.4, -0.2) is 60.0 Å². The van der Waals surface area contributed by atoms with E-state index >= 15 is 0 Å². The van der Waals surface area contributed by atoms with Crippen LogP contribution in [-0.2, 0) is 30.7 Å². The van der Waals surface area contributed by atoms with Gasteiger partial charge >= 0.3 is 0 Å². The molecule has 30 heavy (non-hydrogen) atoms. The highest BCUT2D eigenvalue weighted by atomic mass is 16.5. The summed E-state index contributed by atoms with van der Waals surface area (Å²) in [4.78, 5) is 15.1. The van der Waals surface area contributed by atoms with E-state index in [4.69, 9.17) is 14.6 Å². The fourth-order valence-electron chi connectivity index (χ4n) is 4.45. The van der Waals surface area contributed by atoms with Crippen LogP contribution in [0.3, 0.4) is 0 Å². The van der Waals surface area contributed by atoms with Crippen molar-refractivity contribution < 1.29 is 14.3 Å². The van der Waals surface area contributed by atoms with Gasteiger partial charge in [0, 0.05) is 49.0 Å². The second-order valence-electron chi connectivity index (χ2n) is 8.03. The number of fused-ring (bicyclic) bond motifs is 1. The number of para-hydroxylation sites is 1. The minimum absolute atomic E-state index is 0.0507. The number of rotatable bonds is 7. The molecule has 1 saturated heterocycles. The third-order valence-electron chi connectivity index (χ3n) is 6.06. The van der Waals surface area contributed by atoms with Gasteiger partial charge in [-0.05, 0) is 31.7 Å². The summed E-state index contributed by atoms with van der Waals surface area (Å²) in [5.41, 5.74) is 4.16. The average Bonchev–Trinajstić information content (AvgIpc) is 3.16. The number of hydrogen-bond donors (Lipinski definition) is 1. The molecule has 0 saturated carbocycles. The molecule has 2 aliphatic rings. The summed E-state index contributed by atoms with van der Waals surface area (Å²) in [5, 5.41) is 8.45. The quantitative estimate of drug-likeness (QED) is 0.757. The molecule has 1 amide bonds. The molecule has 1 fully saturated rings. The van der Waals surface area contributed by atoms with Crippen LogP contribution in [0.5, 0.6) is 5.75 Å². The third kappa shape index (κ3) is 4.37. The van der Waals surface area contributed by atoms with Crippen LogP contribution in [0.1, 0.15) is 47.1 Å². The molecule has 1 aromatic carbocycles. The molecule has 1 N–H and O–H groups in total. The lowest BCUT2D eigenvalue weighted by Gasteiger charge is -2.28. The van der Waals surface area contributed by atoms with E-state index < -0.39 is 0 Å². The first kappa shape index (κ1) is 20.9. The zero-order valence-electron chi connectivity index (χ0n) is 18.0. The molecule has 1 aliphatic heterocycles. The van der Waals surface area contributed by atoms with Crippen molar-refractivity contribution in [3.8, 4) is 5.75 Å². The van der Waals surface area contributed by atoms with Crippen LogP contribution >= 0.6 is 0 Å². The van der Waals surface area contributed by atoms with E-state index in [9.17, 15) is 4.79 Å². The molecule has 2 aromatic rings. The smallest absolute Gasteiger partial charge is 0.274 e. The van der Waals surface area contributed by atoms with E-state index in [1.54, 1.807) is 7.11 Å². The van der Waals surface area contributed by atoms with Gasteiger partial charge in [-0.25, -0.2) is 0 Å². The van der Waals surface area contributed by atoms with Gasteiger partial charge in [-0.1, -0.05) is 25.1 Å². The van der Waals surface area contributed by atoms with Crippen LogP contribution in [0.4, 0.5) is 0 Å². The van der Waals surface area contributed by atoms with Crippen molar-refractivity contribution in [3.05, 3.63) is 46.8 Å². The second kappa shape index (κ2) is 9.62. The minimum atomic E-state index is 0.0507. The Morgan fingerprint density at radius 3 is 2.87 bits per heavy atom. The van der Waals surface area contributed by atoms with Crippen molar-refractivity contribution in [3.63, 3.8) is 0 Å². The highest BCUT2D eigenvalue weighted by Crippen LogP contribution is 2.27. The maximum absolute atomic E-state index is 13.2. The molecule has 1 unspecified atom stereocenters. The molecule has 1 aromatic heterocycles. The van der Waals surface area contributed by atoms with Gasteiger partial charge in [0.2, 0.25) is 0 Å². The van der Waals surface area contributed by atoms with Crippen LogP contribution in [0.25, 0.3) is 0 Å². The predicted octanol–water partition coefficient (Wildman–Crippen LogP) is 2.42. The van der Waals surface area contributed by atoms with Crippen molar-refractivity contribution in [1.29, 1.82) is 0 Å². The Morgan fingerprint density at radius 2 is 2.10 bits per heavy atom. The van der Waals surface area contributed by atoms with Crippen LogP contribution in [0.15, 0.2) is 24.3 Å². The van der Waals surface area contributed by atoms with Crippen molar-refractivity contribution >= 4 is 5.91 Å². The number of carbonyl (C=O) groups excluding carboxylic acids is 1. The summed E-state index contributed by atoms with van der Waals surface area (Å²) in [6.45, 7) is 6.25. The number of methoxy groups -OCH3 is 1. The van der Waals surface area contributed by atoms with E-state index in [1.807, 2.05) is 23.1 Å². The number of benzene rings is 1. The standard InChI is InChI=1S/C23H32N4O3/c1-3-10-27-20-9-8-18(24-16-17-6-4-5-7-21(17)29-2)15-19(20)22(25-27)23(28)26-11-13-30-14-12-26/h4-7,18,24H,3,8-16H2,1-2H3. The van der Waals surface area contributed by atoms with Crippen LogP contribution in [0, 0.1) is 0 Å². The number of nitrogens with one attached hydrogen (secondary N) is 1. The van der Waals surface area contributed by atoms with Gasteiger partial charge < -0.3 is 19.7 Å². The summed E-state index contributed by atoms with van der Waals surface area (Å²) < 4.78 is 13.0. The number of aryl methyl sites for hydroxylation is 1. The molecule has 1 aliphatic carbocycles. The summed E-state index contributed by atoms with van der Waals surface area (Å²) in [7, 11) is 1.71. The molecule has 0 bridgehead atoms. The zero-order chi connectivity index (χ0) is 20.9. The fraction of sp³-hybridized carbons (Fsp3) is 0.565. The van der Waals surface area contributed by atoms with Gasteiger partial charge in [-0.2, -0.15) is 5.10 Å². The largest absolute Gasteiger partial charge is 0.496 e.